The molecule has 2 nitrogen and oxygen atoms in total. The summed E-state index contributed by atoms with van der Waals surface area (Å²) in [6.07, 6.45) is 0. The summed E-state index contributed by atoms with van der Waals surface area (Å²) in [7, 11) is -2.12. The van der Waals surface area contributed by atoms with Crippen LogP contribution in [0.3, 0.4) is 0 Å². The highest BCUT2D eigenvalue weighted by molar-refractivity contribution is 6.89. The summed E-state index contributed by atoms with van der Waals surface area (Å²) in [6, 6.07) is 5.34. The van der Waals surface area contributed by atoms with Crippen molar-refractivity contribution in [3.8, 4) is 0 Å². The van der Waals surface area contributed by atoms with E-state index in [1.807, 2.05) is 39.8 Å². The maximum Gasteiger partial charge on any atom is 0.497 e. The summed E-state index contributed by atoms with van der Waals surface area (Å²) in [6.45, 7) is 14.7. The number of hydrogen-bond donors (Lipinski definition) is 0. The first-order chi connectivity index (χ1) is 8.94. The molecular weight excluding hydrogens is 270 g/mol. The first-order valence-electron chi connectivity index (χ1n) is 7.10. The summed E-state index contributed by atoms with van der Waals surface area (Å²) in [5, 5.41) is 1.21. The van der Waals surface area contributed by atoms with Gasteiger partial charge in [0.25, 0.3) is 0 Å². The topological polar surface area (TPSA) is 18.5 Å². The Morgan fingerprint density at radius 3 is 1.95 bits per heavy atom. The molecule has 0 amide bonds. The molecule has 0 aliphatic carbocycles. The summed E-state index contributed by atoms with van der Waals surface area (Å²) < 4.78 is 26.1. The zero-order valence-corrected chi connectivity index (χ0v) is 14.5. The molecule has 1 saturated heterocycles. The van der Waals surface area contributed by atoms with E-state index in [1.54, 1.807) is 0 Å². The van der Waals surface area contributed by atoms with Crippen LogP contribution in [0.5, 0.6) is 0 Å². The molecule has 0 spiro atoms. The summed E-state index contributed by atoms with van der Waals surface area (Å²) >= 11 is 0. The van der Waals surface area contributed by atoms with Gasteiger partial charge in [-0.15, -0.1) is 0 Å². The lowest BCUT2D eigenvalue weighted by molar-refractivity contribution is 0.00578. The average Bonchev–Trinajstić information content (AvgIpc) is 2.46. The van der Waals surface area contributed by atoms with Crippen molar-refractivity contribution < 1.29 is 13.7 Å². The van der Waals surface area contributed by atoms with Gasteiger partial charge in [0.1, 0.15) is 5.82 Å². The predicted octanol–water partition coefficient (Wildman–Crippen LogP) is 2.67. The fourth-order valence-corrected chi connectivity index (χ4v) is 3.33. The van der Waals surface area contributed by atoms with Crippen molar-refractivity contribution in [3.63, 3.8) is 0 Å². The summed E-state index contributed by atoms with van der Waals surface area (Å²) in [4.78, 5) is 0. The fraction of sp³-hybridized carbons (Fsp3) is 0.600. The minimum absolute atomic E-state index is 0.259. The Labute approximate surface area is 122 Å². The Bertz CT molecular complexity index is 507. The third-order valence-corrected chi connectivity index (χ3v) is 6.41. The van der Waals surface area contributed by atoms with Gasteiger partial charge in [0, 0.05) is 5.46 Å². The monoisotopic (exact) mass is 294 g/mol. The van der Waals surface area contributed by atoms with E-state index in [-0.39, 0.29) is 5.82 Å². The van der Waals surface area contributed by atoms with Crippen LogP contribution in [-0.2, 0) is 9.31 Å². The van der Waals surface area contributed by atoms with Gasteiger partial charge in [-0.05, 0) is 33.8 Å². The van der Waals surface area contributed by atoms with Crippen molar-refractivity contribution in [2.45, 2.75) is 58.5 Å². The quantitative estimate of drug-likeness (QED) is 0.781. The largest absolute Gasteiger partial charge is 0.497 e. The van der Waals surface area contributed by atoms with Gasteiger partial charge in [-0.1, -0.05) is 37.0 Å². The molecule has 1 aromatic rings. The molecule has 0 bridgehead atoms. The molecule has 1 heterocycles. The zero-order chi connectivity index (χ0) is 15.3. The molecule has 0 atom stereocenters. The van der Waals surface area contributed by atoms with E-state index in [4.69, 9.17) is 9.31 Å². The zero-order valence-electron chi connectivity index (χ0n) is 13.5. The molecule has 0 N–H and O–H groups in total. The second-order valence-corrected chi connectivity index (χ2v) is 12.7. The highest BCUT2D eigenvalue weighted by atomic mass is 28.3. The molecule has 2 rings (SSSR count). The molecule has 20 heavy (non-hydrogen) atoms. The summed E-state index contributed by atoms with van der Waals surface area (Å²) in [5.74, 6) is -0.259. The van der Waals surface area contributed by atoms with E-state index in [1.165, 1.54) is 11.3 Å². The molecule has 5 heteroatoms. The van der Waals surface area contributed by atoms with Crippen LogP contribution < -0.4 is 10.6 Å². The van der Waals surface area contributed by atoms with E-state index in [0.717, 1.165) is 0 Å². The Balaban J connectivity index is 2.40. The van der Waals surface area contributed by atoms with Crippen LogP contribution in [0, 0.1) is 5.82 Å². The van der Waals surface area contributed by atoms with Gasteiger partial charge in [0.15, 0.2) is 0 Å². The van der Waals surface area contributed by atoms with Crippen molar-refractivity contribution >= 4 is 25.8 Å². The number of rotatable bonds is 2. The maximum atomic E-state index is 14.2. The van der Waals surface area contributed by atoms with Gasteiger partial charge in [-0.2, -0.15) is 0 Å². The van der Waals surface area contributed by atoms with Crippen LogP contribution in [0.1, 0.15) is 27.7 Å². The Morgan fingerprint density at radius 1 is 1.00 bits per heavy atom. The molecule has 1 aliphatic heterocycles. The maximum absolute atomic E-state index is 14.2. The van der Waals surface area contributed by atoms with Crippen molar-refractivity contribution in [2.75, 3.05) is 0 Å². The molecule has 1 fully saturated rings. The lowest BCUT2D eigenvalue weighted by Crippen LogP contribution is -2.44. The van der Waals surface area contributed by atoms with E-state index >= 15 is 0 Å². The van der Waals surface area contributed by atoms with Crippen LogP contribution >= 0.6 is 0 Å². The third kappa shape index (κ3) is 2.71. The van der Waals surface area contributed by atoms with Crippen LogP contribution in [0.2, 0.25) is 19.6 Å². The molecule has 0 radical (unpaired) electrons. The minimum atomic E-state index is -1.49. The van der Waals surface area contributed by atoms with Gasteiger partial charge in [0.2, 0.25) is 0 Å². The predicted molar refractivity (Wildman–Crippen MR) is 85.1 cm³/mol. The second-order valence-electron chi connectivity index (χ2n) is 7.57. The van der Waals surface area contributed by atoms with Crippen molar-refractivity contribution in [1.29, 1.82) is 0 Å². The standard InChI is InChI=1S/C15H24BFO2Si/c1-14(2)15(3,4)19-16(18-14)12-10-11(20(5,6)7)8-9-13(12)17/h8-10H,1-7H3. The van der Waals surface area contributed by atoms with Crippen LogP contribution in [0.4, 0.5) is 4.39 Å². The minimum Gasteiger partial charge on any atom is -0.399 e. The number of hydrogen-bond acceptors (Lipinski definition) is 2. The highest BCUT2D eigenvalue weighted by Crippen LogP contribution is 2.36. The smallest absolute Gasteiger partial charge is 0.399 e. The second kappa shape index (κ2) is 4.68. The molecular formula is C15H24BFO2Si. The third-order valence-electron chi connectivity index (χ3n) is 4.37. The lowest BCUT2D eigenvalue weighted by Gasteiger charge is -2.32. The number of benzene rings is 1. The van der Waals surface area contributed by atoms with Gasteiger partial charge in [-0.3, -0.25) is 0 Å². The SMILES string of the molecule is CC1(C)OB(c2cc([Si](C)(C)C)ccc2F)OC1(C)C. The average molecular weight is 294 g/mol. The Kier molecular flexibility index (Phi) is 3.68. The van der Waals surface area contributed by atoms with Crippen molar-refractivity contribution in [2.24, 2.45) is 0 Å². The van der Waals surface area contributed by atoms with Gasteiger partial charge >= 0.3 is 7.12 Å². The number of halogens is 1. The van der Waals surface area contributed by atoms with E-state index < -0.39 is 26.4 Å². The molecule has 0 unspecified atom stereocenters. The first kappa shape index (κ1) is 15.7. The Hall–Kier alpha value is -0.648. The molecule has 0 saturated carbocycles. The van der Waals surface area contributed by atoms with Crippen LogP contribution in [-0.4, -0.2) is 26.4 Å². The van der Waals surface area contributed by atoms with Gasteiger partial charge < -0.3 is 9.31 Å². The molecule has 0 aromatic heterocycles. The normalized spacial score (nSPS) is 21.3. The fourth-order valence-electron chi connectivity index (χ4n) is 2.16. The molecule has 1 aliphatic rings. The van der Waals surface area contributed by atoms with E-state index in [0.29, 0.717) is 5.46 Å². The van der Waals surface area contributed by atoms with E-state index in [9.17, 15) is 4.39 Å². The lowest BCUT2D eigenvalue weighted by atomic mass is 9.79. The van der Waals surface area contributed by atoms with Gasteiger partial charge in [0.05, 0.1) is 19.3 Å². The van der Waals surface area contributed by atoms with E-state index in [2.05, 4.69) is 19.6 Å². The highest BCUT2D eigenvalue weighted by Gasteiger charge is 2.52. The van der Waals surface area contributed by atoms with Gasteiger partial charge in [-0.25, -0.2) is 4.39 Å². The first-order valence-corrected chi connectivity index (χ1v) is 10.6. The van der Waals surface area contributed by atoms with Crippen LogP contribution in [0.15, 0.2) is 18.2 Å². The summed E-state index contributed by atoms with van der Waals surface area (Å²) in [5.41, 5.74) is -0.373. The van der Waals surface area contributed by atoms with Crippen molar-refractivity contribution in [1.82, 2.24) is 0 Å². The Morgan fingerprint density at radius 2 is 1.50 bits per heavy atom. The molecule has 110 valence electrons. The van der Waals surface area contributed by atoms with Crippen molar-refractivity contribution in [3.05, 3.63) is 24.0 Å². The molecule has 1 aromatic carbocycles. The van der Waals surface area contributed by atoms with Crippen LogP contribution in [0.25, 0.3) is 0 Å².